The number of nitrogens with zero attached hydrogens (tertiary/aromatic N) is 1. The first-order chi connectivity index (χ1) is 16.1. The summed E-state index contributed by atoms with van der Waals surface area (Å²) in [4.78, 5) is 28.9. The van der Waals surface area contributed by atoms with Crippen molar-refractivity contribution in [1.29, 1.82) is 0 Å². The van der Waals surface area contributed by atoms with Gasteiger partial charge in [-0.15, -0.1) is 11.3 Å². The van der Waals surface area contributed by atoms with Gasteiger partial charge in [0, 0.05) is 26.7 Å². The van der Waals surface area contributed by atoms with Crippen LogP contribution in [0, 0.1) is 6.92 Å². The van der Waals surface area contributed by atoms with Crippen molar-refractivity contribution in [3.63, 3.8) is 0 Å². The molecule has 1 amide bonds. The van der Waals surface area contributed by atoms with Crippen molar-refractivity contribution in [2.45, 2.75) is 39.2 Å². The Morgan fingerprint density at radius 1 is 1.12 bits per heavy atom. The first-order valence-corrected chi connectivity index (χ1v) is 12.1. The number of aliphatic hydroxyl groups is 1. The van der Waals surface area contributed by atoms with E-state index in [2.05, 4.69) is 0 Å². The standard InChI is InChI=1S/C27H26ClNO4S/c1-15-18(28)8-6-9-19(15)29-23(21-10-7-13-34-21)22(25(31)26(29)32)24(30)16-11-12-20(33-5)17(14-16)27(2,3)4/h6-14,23,30H,1-5H3/b24-22-. The molecule has 1 unspecified atom stereocenters. The molecule has 5 nitrogen and oxygen atoms in total. The molecule has 0 aliphatic carbocycles. The summed E-state index contributed by atoms with van der Waals surface area (Å²) in [6, 6.07) is 13.5. The molecule has 2 aromatic carbocycles. The molecule has 0 bridgehead atoms. The van der Waals surface area contributed by atoms with E-state index >= 15 is 0 Å². The third-order valence-corrected chi connectivity index (χ3v) is 7.37. The molecule has 7 heteroatoms. The lowest BCUT2D eigenvalue weighted by Crippen LogP contribution is -2.29. The van der Waals surface area contributed by atoms with Crippen LogP contribution < -0.4 is 9.64 Å². The minimum atomic E-state index is -0.766. The van der Waals surface area contributed by atoms with Crippen LogP contribution in [-0.4, -0.2) is 23.9 Å². The maximum atomic E-state index is 13.3. The zero-order chi connectivity index (χ0) is 24.8. The first kappa shape index (κ1) is 24.0. The Morgan fingerprint density at radius 2 is 1.85 bits per heavy atom. The van der Waals surface area contributed by atoms with E-state index in [4.69, 9.17) is 16.3 Å². The predicted octanol–water partition coefficient (Wildman–Crippen LogP) is 6.64. The van der Waals surface area contributed by atoms with Gasteiger partial charge in [-0.2, -0.15) is 0 Å². The minimum absolute atomic E-state index is 0.0526. The largest absolute Gasteiger partial charge is 0.507 e. The first-order valence-electron chi connectivity index (χ1n) is 10.8. The maximum Gasteiger partial charge on any atom is 0.300 e. The molecule has 0 spiro atoms. The van der Waals surface area contributed by atoms with Crippen LogP contribution in [0.5, 0.6) is 5.75 Å². The van der Waals surface area contributed by atoms with Crippen LogP contribution >= 0.6 is 22.9 Å². The molecule has 1 N–H and O–H groups in total. The molecule has 2 heterocycles. The topological polar surface area (TPSA) is 66.8 Å². The maximum absolute atomic E-state index is 13.3. The minimum Gasteiger partial charge on any atom is -0.507 e. The Kier molecular flexibility index (Phi) is 6.32. The van der Waals surface area contributed by atoms with E-state index in [0.29, 0.717) is 27.6 Å². The number of benzene rings is 2. The fourth-order valence-corrected chi connectivity index (χ4v) is 5.24. The van der Waals surface area contributed by atoms with Gasteiger partial charge in [0.05, 0.1) is 12.7 Å². The zero-order valence-corrected chi connectivity index (χ0v) is 21.3. The quantitative estimate of drug-likeness (QED) is 0.250. The number of thiophene rings is 1. The lowest BCUT2D eigenvalue weighted by Gasteiger charge is -2.26. The molecule has 1 saturated heterocycles. The van der Waals surface area contributed by atoms with Gasteiger partial charge in [-0.25, -0.2) is 0 Å². The van der Waals surface area contributed by atoms with Crippen LogP contribution in [0.1, 0.15) is 48.4 Å². The second-order valence-electron chi connectivity index (χ2n) is 9.23. The van der Waals surface area contributed by atoms with Gasteiger partial charge in [-0.1, -0.05) is 44.5 Å². The summed E-state index contributed by atoms with van der Waals surface area (Å²) in [5, 5.41) is 13.8. The summed E-state index contributed by atoms with van der Waals surface area (Å²) in [7, 11) is 1.60. The monoisotopic (exact) mass is 495 g/mol. The number of Topliss-reactive ketones (excluding diaryl/α,β-unsaturated/α-hetero) is 1. The summed E-state index contributed by atoms with van der Waals surface area (Å²) in [6.45, 7) is 7.94. The molecule has 1 aliphatic rings. The number of carbonyl (C=O) groups excluding carboxylic acids is 2. The van der Waals surface area contributed by atoms with Gasteiger partial charge in [-0.3, -0.25) is 14.5 Å². The van der Waals surface area contributed by atoms with E-state index in [1.54, 1.807) is 37.4 Å². The van der Waals surface area contributed by atoms with Crippen LogP contribution in [0.2, 0.25) is 5.02 Å². The van der Waals surface area contributed by atoms with Crippen molar-refractivity contribution < 1.29 is 19.4 Å². The molecule has 176 valence electrons. The number of ketones is 1. The third-order valence-electron chi connectivity index (χ3n) is 6.04. The van der Waals surface area contributed by atoms with Gasteiger partial charge in [0.25, 0.3) is 11.7 Å². The van der Waals surface area contributed by atoms with E-state index in [1.807, 2.05) is 51.3 Å². The van der Waals surface area contributed by atoms with Crippen molar-refractivity contribution >= 4 is 46.1 Å². The Bertz CT molecular complexity index is 1300. The Morgan fingerprint density at radius 3 is 2.47 bits per heavy atom. The van der Waals surface area contributed by atoms with Crippen LogP contribution in [-0.2, 0) is 15.0 Å². The van der Waals surface area contributed by atoms with Crippen LogP contribution in [0.15, 0.2) is 59.5 Å². The summed E-state index contributed by atoms with van der Waals surface area (Å²) in [5.41, 5.74) is 2.35. The second kappa shape index (κ2) is 8.93. The highest BCUT2D eigenvalue weighted by atomic mass is 35.5. The molecule has 1 atom stereocenters. The average molecular weight is 496 g/mol. The number of hydrogen-bond acceptors (Lipinski definition) is 5. The van der Waals surface area contributed by atoms with E-state index in [-0.39, 0.29) is 16.7 Å². The molecular weight excluding hydrogens is 470 g/mol. The average Bonchev–Trinajstić information content (AvgIpc) is 3.41. The second-order valence-corrected chi connectivity index (χ2v) is 10.6. The van der Waals surface area contributed by atoms with Crippen LogP contribution in [0.25, 0.3) is 5.76 Å². The van der Waals surface area contributed by atoms with Crippen LogP contribution in [0.4, 0.5) is 5.69 Å². The molecule has 0 saturated carbocycles. The van der Waals surface area contributed by atoms with Crippen molar-refractivity contribution in [3.8, 4) is 5.75 Å². The van der Waals surface area contributed by atoms with Crippen LogP contribution in [0.3, 0.4) is 0 Å². The Balaban J connectivity index is 1.96. The lowest BCUT2D eigenvalue weighted by molar-refractivity contribution is -0.132. The number of rotatable bonds is 4. The van der Waals surface area contributed by atoms with E-state index in [9.17, 15) is 14.7 Å². The van der Waals surface area contributed by atoms with Crippen molar-refractivity contribution in [2.75, 3.05) is 12.0 Å². The van der Waals surface area contributed by atoms with E-state index < -0.39 is 17.7 Å². The number of methoxy groups -OCH3 is 1. The Labute approximate surface area is 208 Å². The molecule has 1 aromatic heterocycles. The predicted molar refractivity (Wildman–Crippen MR) is 137 cm³/mol. The molecule has 4 rings (SSSR count). The number of hydrogen-bond donors (Lipinski definition) is 1. The fourth-order valence-electron chi connectivity index (χ4n) is 4.25. The van der Waals surface area contributed by atoms with Gasteiger partial charge < -0.3 is 9.84 Å². The molecular formula is C27H26ClNO4S. The molecule has 34 heavy (non-hydrogen) atoms. The number of amides is 1. The van der Waals surface area contributed by atoms with E-state index in [0.717, 1.165) is 10.4 Å². The fraction of sp³-hybridized carbons (Fsp3) is 0.259. The Hall–Kier alpha value is -3.09. The van der Waals surface area contributed by atoms with Gasteiger partial charge in [0.1, 0.15) is 17.6 Å². The van der Waals surface area contributed by atoms with Crippen molar-refractivity contribution in [3.05, 3.63) is 86.1 Å². The van der Waals surface area contributed by atoms with E-state index in [1.165, 1.54) is 16.2 Å². The van der Waals surface area contributed by atoms with Crippen molar-refractivity contribution in [1.82, 2.24) is 0 Å². The zero-order valence-electron chi connectivity index (χ0n) is 19.7. The summed E-state index contributed by atoms with van der Waals surface area (Å²) in [6.07, 6.45) is 0. The number of halogens is 1. The SMILES string of the molecule is COc1ccc(/C(O)=C2/C(=O)C(=O)N(c3cccc(Cl)c3C)C2c2cccs2)cc1C(C)(C)C. The number of anilines is 1. The number of aliphatic hydroxyl groups excluding tert-OH is 1. The molecule has 1 aliphatic heterocycles. The summed E-state index contributed by atoms with van der Waals surface area (Å²) < 4.78 is 5.51. The molecule has 0 radical (unpaired) electrons. The van der Waals surface area contributed by atoms with Gasteiger partial charge in [-0.05, 0) is 59.7 Å². The highest BCUT2D eigenvalue weighted by Gasteiger charge is 2.48. The highest BCUT2D eigenvalue weighted by molar-refractivity contribution is 7.10. The molecule has 1 fully saturated rings. The van der Waals surface area contributed by atoms with Gasteiger partial charge >= 0.3 is 0 Å². The number of ether oxygens (including phenoxy) is 1. The third kappa shape index (κ3) is 4.01. The number of carbonyl (C=O) groups is 2. The van der Waals surface area contributed by atoms with Crippen molar-refractivity contribution in [2.24, 2.45) is 0 Å². The summed E-state index contributed by atoms with van der Waals surface area (Å²) in [5.74, 6) is -0.959. The highest BCUT2D eigenvalue weighted by Crippen LogP contribution is 2.45. The van der Waals surface area contributed by atoms with Gasteiger partial charge in [0.2, 0.25) is 0 Å². The lowest BCUT2D eigenvalue weighted by atomic mass is 9.84. The normalized spacial score (nSPS) is 17.9. The van der Waals surface area contributed by atoms with Gasteiger partial charge in [0.15, 0.2) is 0 Å². The summed E-state index contributed by atoms with van der Waals surface area (Å²) >= 11 is 7.76. The molecule has 3 aromatic rings. The smallest absolute Gasteiger partial charge is 0.300 e.